The van der Waals surface area contributed by atoms with Gasteiger partial charge in [0.25, 0.3) is 0 Å². The second-order valence-corrected chi connectivity index (χ2v) is 5.52. The van der Waals surface area contributed by atoms with Crippen molar-refractivity contribution in [3.63, 3.8) is 0 Å². The summed E-state index contributed by atoms with van der Waals surface area (Å²) in [6.07, 6.45) is 3.97. The van der Waals surface area contributed by atoms with Gasteiger partial charge in [0.05, 0.1) is 12.5 Å². The summed E-state index contributed by atoms with van der Waals surface area (Å²) in [5, 5.41) is 18.2. The SMILES string of the molecule is C[S+](C)CC(=O)c1ccc(O)c(O)c1.[I-]. The van der Waals surface area contributed by atoms with Gasteiger partial charge in [0.1, 0.15) is 0 Å². The summed E-state index contributed by atoms with van der Waals surface area (Å²) in [5.74, 6) is 0.0228. The lowest BCUT2D eigenvalue weighted by Gasteiger charge is -2.01. The van der Waals surface area contributed by atoms with Gasteiger partial charge >= 0.3 is 0 Å². The number of Topliss-reactive ketones (excluding diaryl/α,β-unsaturated/α-hetero) is 1. The van der Waals surface area contributed by atoms with E-state index in [0.717, 1.165) is 0 Å². The van der Waals surface area contributed by atoms with Crippen molar-refractivity contribution in [2.75, 3.05) is 18.3 Å². The first-order valence-electron chi connectivity index (χ1n) is 4.10. The fourth-order valence-corrected chi connectivity index (χ4v) is 1.73. The molecule has 5 heteroatoms. The molecule has 3 nitrogen and oxygen atoms in total. The lowest BCUT2D eigenvalue weighted by Crippen LogP contribution is -3.00. The maximum atomic E-state index is 11.5. The van der Waals surface area contributed by atoms with Gasteiger partial charge in [0.15, 0.2) is 17.3 Å². The molecular weight excluding hydrogens is 327 g/mol. The van der Waals surface area contributed by atoms with Crippen LogP contribution in [-0.2, 0) is 10.9 Å². The highest BCUT2D eigenvalue weighted by Crippen LogP contribution is 2.25. The summed E-state index contributed by atoms with van der Waals surface area (Å²) in [4.78, 5) is 11.5. The van der Waals surface area contributed by atoms with Crippen LogP contribution in [0.3, 0.4) is 0 Å². The zero-order valence-corrected chi connectivity index (χ0v) is 11.5. The van der Waals surface area contributed by atoms with E-state index in [-0.39, 0.29) is 52.2 Å². The van der Waals surface area contributed by atoms with Crippen molar-refractivity contribution in [2.24, 2.45) is 0 Å². The molecule has 0 aliphatic rings. The molecule has 1 aromatic rings. The van der Waals surface area contributed by atoms with E-state index < -0.39 is 0 Å². The van der Waals surface area contributed by atoms with E-state index >= 15 is 0 Å². The second-order valence-electron chi connectivity index (χ2n) is 3.26. The monoisotopic (exact) mass is 340 g/mol. The maximum absolute atomic E-state index is 11.5. The average Bonchev–Trinajstić information content (AvgIpc) is 2.08. The Balaban J connectivity index is 0.00000196. The molecule has 0 amide bonds. The largest absolute Gasteiger partial charge is 1.00 e. The molecule has 0 aliphatic heterocycles. The molecule has 0 heterocycles. The minimum absolute atomic E-state index is 0. The van der Waals surface area contributed by atoms with Crippen molar-refractivity contribution in [3.05, 3.63) is 23.8 Å². The van der Waals surface area contributed by atoms with Gasteiger partial charge in [-0.25, -0.2) is 0 Å². The van der Waals surface area contributed by atoms with Crippen LogP contribution in [0, 0.1) is 0 Å². The third-order valence-corrected chi connectivity index (χ3v) is 2.56. The van der Waals surface area contributed by atoms with Crippen molar-refractivity contribution in [1.82, 2.24) is 0 Å². The van der Waals surface area contributed by atoms with Crippen molar-refractivity contribution in [2.45, 2.75) is 0 Å². The molecule has 0 fully saturated rings. The van der Waals surface area contributed by atoms with Gasteiger partial charge in [-0.15, -0.1) is 0 Å². The molecule has 2 N–H and O–H groups in total. The number of hydrogen-bond donors (Lipinski definition) is 2. The number of rotatable bonds is 3. The number of halogens is 1. The molecule has 0 aliphatic carbocycles. The van der Waals surface area contributed by atoms with Gasteiger partial charge in [0.2, 0.25) is 5.78 Å². The summed E-state index contributed by atoms with van der Waals surface area (Å²) < 4.78 is 0. The van der Waals surface area contributed by atoms with E-state index in [4.69, 9.17) is 5.11 Å². The smallest absolute Gasteiger partial charge is 0.211 e. The quantitative estimate of drug-likeness (QED) is 0.294. The van der Waals surface area contributed by atoms with E-state index in [1.54, 1.807) is 0 Å². The standard InChI is InChI=1S/C10H12O3S.HI/c1-14(2)6-10(13)7-3-4-8(11)9(12)5-7;/h3-5H,6H2,1-2H3,(H-,11,12,13);1H. The topological polar surface area (TPSA) is 57.5 Å². The summed E-state index contributed by atoms with van der Waals surface area (Å²) >= 11 is 0. The summed E-state index contributed by atoms with van der Waals surface area (Å²) in [7, 11) is 0.0482. The molecule has 1 rings (SSSR count). The number of phenolic OH excluding ortho intramolecular Hbond substituents is 2. The molecule has 0 aromatic heterocycles. The minimum Gasteiger partial charge on any atom is -1.00 e. The second kappa shape index (κ2) is 6.22. The van der Waals surface area contributed by atoms with Crippen LogP contribution in [-0.4, -0.2) is 34.3 Å². The highest BCUT2D eigenvalue weighted by molar-refractivity contribution is 7.96. The zero-order chi connectivity index (χ0) is 10.7. The number of carbonyl (C=O) groups is 1. The molecule has 0 spiro atoms. The Labute approximate surface area is 109 Å². The van der Waals surface area contributed by atoms with E-state index in [1.807, 2.05) is 12.5 Å². The Bertz CT molecular complexity index is 353. The number of ketones is 1. The third kappa shape index (κ3) is 4.29. The predicted octanol–water partition coefficient (Wildman–Crippen LogP) is -1.84. The molecular formula is C10H13IO3S. The van der Waals surface area contributed by atoms with Crippen molar-refractivity contribution >= 4 is 16.7 Å². The molecule has 0 saturated carbocycles. The summed E-state index contributed by atoms with van der Waals surface area (Å²) in [6, 6.07) is 4.14. The third-order valence-electron chi connectivity index (χ3n) is 1.72. The number of aromatic hydroxyl groups is 2. The maximum Gasteiger partial charge on any atom is 0.211 e. The van der Waals surface area contributed by atoms with Crippen molar-refractivity contribution in [3.8, 4) is 11.5 Å². The first kappa shape index (κ1) is 14.6. The van der Waals surface area contributed by atoms with Crippen LogP contribution >= 0.6 is 0 Å². The molecule has 0 atom stereocenters. The van der Waals surface area contributed by atoms with E-state index in [9.17, 15) is 9.90 Å². The van der Waals surface area contributed by atoms with E-state index in [1.165, 1.54) is 18.2 Å². The highest BCUT2D eigenvalue weighted by Gasteiger charge is 2.15. The van der Waals surface area contributed by atoms with Gasteiger partial charge < -0.3 is 34.2 Å². The number of phenols is 2. The van der Waals surface area contributed by atoms with Crippen molar-refractivity contribution in [1.29, 1.82) is 0 Å². The van der Waals surface area contributed by atoms with Crippen molar-refractivity contribution < 1.29 is 39.0 Å². The first-order valence-corrected chi connectivity index (χ1v) is 6.31. The van der Waals surface area contributed by atoms with Crippen LogP contribution in [0.15, 0.2) is 18.2 Å². The van der Waals surface area contributed by atoms with Gasteiger partial charge in [-0.05, 0) is 29.1 Å². The van der Waals surface area contributed by atoms with Crippen LogP contribution in [0.2, 0.25) is 0 Å². The lowest BCUT2D eigenvalue weighted by molar-refractivity contribution is -0.0000126. The van der Waals surface area contributed by atoms with Gasteiger partial charge in [-0.3, -0.25) is 4.79 Å². The van der Waals surface area contributed by atoms with Crippen LogP contribution in [0.1, 0.15) is 10.4 Å². The molecule has 84 valence electrons. The minimum atomic E-state index is -0.247. The Morgan fingerprint density at radius 3 is 2.33 bits per heavy atom. The van der Waals surface area contributed by atoms with Crippen LogP contribution in [0.25, 0.3) is 0 Å². The molecule has 0 saturated heterocycles. The van der Waals surface area contributed by atoms with Gasteiger partial charge in [0, 0.05) is 5.56 Å². The fraction of sp³-hybridized carbons (Fsp3) is 0.300. The normalized spacial score (nSPS) is 9.80. The zero-order valence-electron chi connectivity index (χ0n) is 8.53. The number of benzene rings is 1. The lowest BCUT2D eigenvalue weighted by atomic mass is 10.1. The molecule has 1 aromatic carbocycles. The average molecular weight is 340 g/mol. The van der Waals surface area contributed by atoms with Crippen LogP contribution in [0.5, 0.6) is 11.5 Å². The Kier molecular flexibility index (Phi) is 6.04. The Morgan fingerprint density at radius 2 is 1.87 bits per heavy atom. The first-order chi connectivity index (χ1) is 6.50. The molecule has 0 bridgehead atoms. The van der Waals surface area contributed by atoms with Crippen LogP contribution in [0.4, 0.5) is 0 Å². The summed E-state index contributed by atoms with van der Waals surface area (Å²) in [6.45, 7) is 0. The van der Waals surface area contributed by atoms with E-state index in [0.29, 0.717) is 11.3 Å². The molecule has 15 heavy (non-hydrogen) atoms. The Morgan fingerprint density at radius 1 is 1.27 bits per heavy atom. The van der Waals surface area contributed by atoms with Crippen LogP contribution < -0.4 is 24.0 Å². The van der Waals surface area contributed by atoms with Gasteiger partial charge in [-0.1, -0.05) is 0 Å². The fourth-order valence-electron chi connectivity index (χ4n) is 1.04. The summed E-state index contributed by atoms with van der Waals surface area (Å²) in [5.41, 5.74) is 0.446. The van der Waals surface area contributed by atoms with E-state index in [2.05, 4.69) is 0 Å². The number of carbonyl (C=O) groups excluding carboxylic acids is 1. The molecule has 0 unspecified atom stereocenters. The highest BCUT2D eigenvalue weighted by atomic mass is 127. The Hall–Kier alpha value is -0.430. The predicted molar refractivity (Wildman–Crippen MR) is 58.2 cm³/mol. The molecule has 0 radical (unpaired) electrons. The van der Waals surface area contributed by atoms with Gasteiger partial charge in [-0.2, -0.15) is 0 Å². The number of hydrogen-bond acceptors (Lipinski definition) is 3.